The molecule has 2 unspecified atom stereocenters. The molecule has 2 atom stereocenters. The fourth-order valence-corrected chi connectivity index (χ4v) is 4.93. The summed E-state index contributed by atoms with van der Waals surface area (Å²) in [6, 6.07) is 14.0. The highest BCUT2D eigenvalue weighted by Crippen LogP contribution is 2.48. The normalized spacial score (nSPS) is 26.4. The Morgan fingerprint density at radius 3 is 2.58 bits per heavy atom. The van der Waals surface area contributed by atoms with Crippen molar-refractivity contribution in [3.05, 3.63) is 59.2 Å². The lowest BCUT2D eigenvalue weighted by atomic mass is 9.76. The molecule has 26 heavy (non-hydrogen) atoms. The molecule has 1 spiro atoms. The van der Waals surface area contributed by atoms with Crippen molar-refractivity contribution in [3.63, 3.8) is 0 Å². The Morgan fingerprint density at radius 1 is 1.15 bits per heavy atom. The Balaban J connectivity index is 1.86. The molecule has 2 aromatic carbocycles. The molecule has 2 heterocycles. The van der Waals surface area contributed by atoms with Crippen molar-refractivity contribution in [1.82, 2.24) is 10.6 Å². The molecule has 5 heteroatoms. The van der Waals surface area contributed by atoms with Crippen LogP contribution in [0, 0.1) is 6.92 Å². The molecule has 3 N–H and O–H groups in total. The number of aromatic hydroxyl groups is 1. The smallest absolute Gasteiger partial charge is 0.185 e. The van der Waals surface area contributed by atoms with E-state index in [1.807, 2.05) is 13.0 Å². The zero-order valence-electron chi connectivity index (χ0n) is 15.3. The van der Waals surface area contributed by atoms with Crippen LogP contribution in [-0.2, 0) is 0 Å². The molecule has 1 saturated heterocycles. The number of hydrogen-bond acceptors (Lipinski definition) is 3. The van der Waals surface area contributed by atoms with Gasteiger partial charge < -0.3 is 20.5 Å². The van der Waals surface area contributed by atoms with Crippen molar-refractivity contribution in [3.8, 4) is 11.5 Å². The number of phenols is 1. The van der Waals surface area contributed by atoms with E-state index in [-0.39, 0.29) is 17.2 Å². The van der Waals surface area contributed by atoms with Gasteiger partial charge in [-0.3, -0.25) is 0 Å². The van der Waals surface area contributed by atoms with Crippen LogP contribution in [0.2, 0.25) is 0 Å². The molecule has 0 radical (unpaired) electrons. The van der Waals surface area contributed by atoms with Crippen molar-refractivity contribution in [2.45, 2.75) is 50.8 Å². The second-order valence-corrected chi connectivity index (χ2v) is 8.49. The molecular formula is C21H24N2O2S. The van der Waals surface area contributed by atoms with Crippen molar-refractivity contribution in [2.24, 2.45) is 0 Å². The molecule has 0 bridgehead atoms. The minimum atomic E-state index is -0.598. The van der Waals surface area contributed by atoms with Gasteiger partial charge in [0, 0.05) is 35.9 Å². The minimum absolute atomic E-state index is 0.171. The van der Waals surface area contributed by atoms with E-state index < -0.39 is 5.72 Å². The Labute approximate surface area is 159 Å². The van der Waals surface area contributed by atoms with Gasteiger partial charge in [0.05, 0.1) is 0 Å². The van der Waals surface area contributed by atoms with Gasteiger partial charge in [0.25, 0.3) is 0 Å². The summed E-state index contributed by atoms with van der Waals surface area (Å²) in [7, 11) is 0. The summed E-state index contributed by atoms with van der Waals surface area (Å²) in [4.78, 5) is 0. The average Bonchev–Trinajstić information content (AvgIpc) is 2.51. The standard InChI is InChI=1S/C21H24N2O2S/c1-13-9-15(24)10-17-18(13)16(14-7-5-4-6-8-14)11-21(25-17)12-20(2,3)22-19(26)23-21/h4-10,16,24H,11-12H2,1-3H3,(H2,22,23,26). The van der Waals surface area contributed by atoms with Gasteiger partial charge >= 0.3 is 0 Å². The molecular weight excluding hydrogens is 344 g/mol. The predicted molar refractivity (Wildman–Crippen MR) is 107 cm³/mol. The van der Waals surface area contributed by atoms with Crippen LogP contribution >= 0.6 is 12.2 Å². The summed E-state index contributed by atoms with van der Waals surface area (Å²) in [5, 5.41) is 17.4. The van der Waals surface area contributed by atoms with Gasteiger partial charge in [-0.15, -0.1) is 0 Å². The summed E-state index contributed by atoms with van der Waals surface area (Å²) < 4.78 is 6.48. The van der Waals surface area contributed by atoms with Crippen molar-refractivity contribution >= 4 is 17.3 Å². The van der Waals surface area contributed by atoms with Crippen LogP contribution in [0.4, 0.5) is 0 Å². The van der Waals surface area contributed by atoms with Gasteiger partial charge in [0.15, 0.2) is 10.8 Å². The number of aryl methyl sites for hydroxylation is 1. The third-order valence-corrected chi connectivity index (χ3v) is 5.45. The number of thiocarbonyl (C=S) groups is 1. The van der Waals surface area contributed by atoms with Crippen LogP contribution in [0.15, 0.2) is 42.5 Å². The van der Waals surface area contributed by atoms with Crippen LogP contribution in [0.5, 0.6) is 11.5 Å². The number of ether oxygens (including phenoxy) is 1. The lowest BCUT2D eigenvalue weighted by molar-refractivity contribution is -0.0130. The average molecular weight is 369 g/mol. The molecule has 4 rings (SSSR count). The quantitative estimate of drug-likeness (QED) is 0.665. The van der Waals surface area contributed by atoms with Crippen LogP contribution in [0.1, 0.15) is 49.3 Å². The maximum atomic E-state index is 10.1. The molecule has 4 nitrogen and oxygen atoms in total. The van der Waals surface area contributed by atoms with Crippen LogP contribution < -0.4 is 15.4 Å². The molecule has 2 aliphatic rings. The SMILES string of the molecule is Cc1cc(O)cc2c1C(c1ccccc1)CC1(CC(C)(C)NC(=S)N1)O2. The number of hydrogen-bond donors (Lipinski definition) is 3. The van der Waals surface area contributed by atoms with Crippen LogP contribution in [-0.4, -0.2) is 21.5 Å². The van der Waals surface area contributed by atoms with Gasteiger partial charge in [-0.1, -0.05) is 30.3 Å². The summed E-state index contributed by atoms with van der Waals surface area (Å²) in [5.41, 5.74) is 2.66. The predicted octanol–water partition coefficient (Wildman–Crippen LogP) is 3.96. The van der Waals surface area contributed by atoms with E-state index >= 15 is 0 Å². The number of fused-ring (bicyclic) bond motifs is 1. The molecule has 0 amide bonds. The lowest BCUT2D eigenvalue weighted by Gasteiger charge is -2.50. The second-order valence-electron chi connectivity index (χ2n) is 8.08. The van der Waals surface area contributed by atoms with E-state index in [4.69, 9.17) is 17.0 Å². The monoisotopic (exact) mass is 368 g/mol. The Morgan fingerprint density at radius 2 is 1.88 bits per heavy atom. The van der Waals surface area contributed by atoms with Gasteiger partial charge in [0.1, 0.15) is 11.5 Å². The van der Waals surface area contributed by atoms with Crippen LogP contribution in [0.3, 0.4) is 0 Å². The summed E-state index contributed by atoms with van der Waals surface area (Å²) >= 11 is 5.46. The molecule has 136 valence electrons. The first kappa shape index (κ1) is 17.2. The van der Waals surface area contributed by atoms with Gasteiger partial charge in [-0.05, 0) is 50.2 Å². The number of benzene rings is 2. The molecule has 0 saturated carbocycles. The van der Waals surface area contributed by atoms with Crippen LogP contribution in [0.25, 0.3) is 0 Å². The third-order valence-electron chi connectivity index (χ3n) is 5.24. The van der Waals surface area contributed by atoms with E-state index in [1.165, 1.54) is 5.56 Å². The zero-order chi connectivity index (χ0) is 18.5. The summed E-state index contributed by atoms with van der Waals surface area (Å²) in [6.45, 7) is 6.29. The van der Waals surface area contributed by atoms with E-state index in [0.29, 0.717) is 5.11 Å². The van der Waals surface area contributed by atoms with Gasteiger partial charge in [0.2, 0.25) is 0 Å². The fourth-order valence-electron chi connectivity index (χ4n) is 4.47. The molecule has 0 aliphatic carbocycles. The van der Waals surface area contributed by atoms with Gasteiger partial charge in [-0.2, -0.15) is 0 Å². The lowest BCUT2D eigenvalue weighted by Crippen LogP contribution is -2.69. The first-order valence-electron chi connectivity index (χ1n) is 8.95. The minimum Gasteiger partial charge on any atom is -0.508 e. The van der Waals surface area contributed by atoms with Gasteiger partial charge in [-0.25, -0.2) is 0 Å². The largest absolute Gasteiger partial charge is 0.508 e. The number of rotatable bonds is 1. The van der Waals surface area contributed by atoms with Crippen molar-refractivity contribution in [2.75, 3.05) is 0 Å². The fraction of sp³-hybridized carbons (Fsp3) is 0.381. The third kappa shape index (κ3) is 3.01. The topological polar surface area (TPSA) is 53.5 Å². The highest BCUT2D eigenvalue weighted by molar-refractivity contribution is 7.80. The highest BCUT2D eigenvalue weighted by Gasteiger charge is 2.49. The first-order chi connectivity index (χ1) is 12.3. The highest BCUT2D eigenvalue weighted by atomic mass is 32.1. The maximum absolute atomic E-state index is 10.1. The summed E-state index contributed by atoms with van der Waals surface area (Å²) in [5.74, 6) is 1.13. The molecule has 2 aliphatic heterocycles. The molecule has 0 aromatic heterocycles. The Kier molecular flexibility index (Phi) is 3.88. The number of phenolic OH excluding ortho intramolecular Hbond substituents is 1. The Bertz CT molecular complexity index is 866. The number of nitrogens with one attached hydrogen (secondary N) is 2. The molecule has 1 fully saturated rings. The summed E-state index contributed by atoms with van der Waals surface area (Å²) in [6.07, 6.45) is 1.54. The van der Waals surface area contributed by atoms with E-state index in [0.717, 1.165) is 29.7 Å². The van der Waals surface area contributed by atoms with Crippen molar-refractivity contribution < 1.29 is 9.84 Å². The Hall–Kier alpha value is -2.27. The molecule has 2 aromatic rings. The van der Waals surface area contributed by atoms with E-state index in [1.54, 1.807) is 12.1 Å². The maximum Gasteiger partial charge on any atom is 0.185 e. The zero-order valence-corrected chi connectivity index (χ0v) is 16.1. The van der Waals surface area contributed by atoms with E-state index in [9.17, 15) is 5.11 Å². The van der Waals surface area contributed by atoms with Crippen molar-refractivity contribution in [1.29, 1.82) is 0 Å². The van der Waals surface area contributed by atoms with E-state index in [2.05, 4.69) is 48.7 Å². The first-order valence-corrected chi connectivity index (χ1v) is 9.36. The second kappa shape index (κ2) is 5.88.